The molecule has 1 aromatic carbocycles. The molecule has 1 N–H and O–H groups in total. The molecule has 1 aliphatic heterocycles. The van der Waals surface area contributed by atoms with Crippen LogP contribution in [0, 0.1) is 11.3 Å². The molecule has 26 heavy (non-hydrogen) atoms. The van der Waals surface area contributed by atoms with E-state index in [0.717, 1.165) is 17.7 Å². The number of amides is 2. The Hall–Kier alpha value is -2.81. The van der Waals surface area contributed by atoms with E-state index in [9.17, 15) is 10.1 Å². The number of rotatable bonds is 4. The molecule has 136 valence electrons. The van der Waals surface area contributed by atoms with Crippen LogP contribution >= 0.6 is 0 Å². The summed E-state index contributed by atoms with van der Waals surface area (Å²) in [6.07, 6.45) is 3.85. The van der Waals surface area contributed by atoms with Gasteiger partial charge >= 0.3 is 6.03 Å². The number of nitriles is 1. The lowest BCUT2D eigenvalue weighted by Crippen LogP contribution is -2.49. The monoisotopic (exact) mass is 351 g/mol. The van der Waals surface area contributed by atoms with Gasteiger partial charge < -0.3 is 10.2 Å². The molecule has 2 heterocycles. The highest BCUT2D eigenvalue weighted by Gasteiger charge is 2.37. The number of hydrogen-bond acceptors (Lipinski definition) is 3. The molecule has 0 bridgehead atoms. The van der Waals surface area contributed by atoms with Crippen LogP contribution in [0.5, 0.6) is 0 Å². The van der Waals surface area contributed by atoms with Gasteiger partial charge in [0.25, 0.3) is 0 Å². The lowest BCUT2D eigenvalue weighted by molar-refractivity contribution is 0.167. The summed E-state index contributed by atoms with van der Waals surface area (Å²) >= 11 is 0. The van der Waals surface area contributed by atoms with E-state index in [-0.39, 0.29) is 12.1 Å². The van der Waals surface area contributed by atoms with Crippen LogP contribution in [0.1, 0.15) is 43.5 Å². The number of nitrogens with one attached hydrogen (secondary N) is 1. The molecule has 0 aliphatic carbocycles. The van der Waals surface area contributed by atoms with Gasteiger partial charge in [-0.25, -0.2) is 4.79 Å². The lowest BCUT2D eigenvalue weighted by atomic mass is 9.74. The summed E-state index contributed by atoms with van der Waals surface area (Å²) in [5.74, 6) is 0. The van der Waals surface area contributed by atoms with Crippen LogP contribution < -0.4 is 5.32 Å². The maximum Gasteiger partial charge on any atom is 0.317 e. The first-order chi connectivity index (χ1) is 12.6. The van der Waals surface area contributed by atoms with E-state index in [4.69, 9.17) is 0 Å². The molecule has 2 aromatic rings. The SMILES string of the molecule is CC[C@@H](NC(=O)N1CCC(C#N)(c2ccccc2)CC1)c1ccnn1C. The number of benzene rings is 1. The van der Waals surface area contributed by atoms with Gasteiger partial charge in [0.05, 0.1) is 23.2 Å². The number of piperidine rings is 1. The second kappa shape index (κ2) is 7.61. The highest BCUT2D eigenvalue weighted by molar-refractivity contribution is 5.75. The van der Waals surface area contributed by atoms with Crippen LogP contribution in [0.15, 0.2) is 42.6 Å². The zero-order valence-corrected chi connectivity index (χ0v) is 15.4. The molecule has 6 heteroatoms. The Morgan fingerprint density at radius 2 is 2.00 bits per heavy atom. The number of aromatic nitrogens is 2. The number of aryl methyl sites for hydroxylation is 1. The highest BCUT2D eigenvalue weighted by Crippen LogP contribution is 2.35. The number of urea groups is 1. The van der Waals surface area contributed by atoms with Crippen molar-refractivity contribution in [2.24, 2.45) is 7.05 Å². The topological polar surface area (TPSA) is 74.0 Å². The molecule has 1 saturated heterocycles. The van der Waals surface area contributed by atoms with Crippen molar-refractivity contribution in [2.45, 2.75) is 37.6 Å². The Morgan fingerprint density at radius 3 is 2.54 bits per heavy atom. The van der Waals surface area contributed by atoms with Crippen molar-refractivity contribution < 1.29 is 4.79 Å². The molecule has 1 atom stereocenters. The minimum Gasteiger partial charge on any atom is -0.330 e. The van der Waals surface area contributed by atoms with Crippen molar-refractivity contribution in [2.75, 3.05) is 13.1 Å². The molecule has 0 saturated carbocycles. The summed E-state index contributed by atoms with van der Waals surface area (Å²) in [7, 11) is 1.88. The zero-order chi connectivity index (χ0) is 18.6. The van der Waals surface area contributed by atoms with Gasteiger partial charge in [0, 0.05) is 26.3 Å². The second-order valence-corrected chi connectivity index (χ2v) is 6.84. The highest BCUT2D eigenvalue weighted by atomic mass is 16.2. The summed E-state index contributed by atoms with van der Waals surface area (Å²) in [5.41, 5.74) is 1.54. The Labute approximate surface area is 154 Å². The van der Waals surface area contributed by atoms with E-state index in [0.29, 0.717) is 25.9 Å². The Kier molecular flexibility index (Phi) is 5.27. The van der Waals surface area contributed by atoms with Gasteiger partial charge in [-0.2, -0.15) is 10.4 Å². The number of carbonyl (C=O) groups excluding carboxylic acids is 1. The van der Waals surface area contributed by atoms with E-state index in [2.05, 4.69) is 16.5 Å². The van der Waals surface area contributed by atoms with Gasteiger partial charge in [0.2, 0.25) is 0 Å². The fourth-order valence-electron chi connectivity index (χ4n) is 3.67. The largest absolute Gasteiger partial charge is 0.330 e. The first-order valence-corrected chi connectivity index (χ1v) is 9.10. The van der Waals surface area contributed by atoms with Gasteiger partial charge in [-0.3, -0.25) is 4.68 Å². The molecule has 0 radical (unpaired) electrons. The third-order valence-corrected chi connectivity index (χ3v) is 5.37. The number of hydrogen-bond donors (Lipinski definition) is 1. The van der Waals surface area contributed by atoms with Crippen LogP contribution in [0.4, 0.5) is 4.79 Å². The fraction of sp³-hybridized carbons (Fsp3) is 0.450. The summed E-state index contributed by atoms with van der Waals surface area (Å²) in [6, 6.07) is 14.2. The standard InChI is InChI=1S/C20H25N5O/c1-3-17(18-9-12-22-24(18)2)23-19(26)25-13-10-20(15-21,11-14-25)16-7-5-4-6-8-16/h4-9,12,17H,3,10-11,13-14H2,1-2H3,(H,23,26)/t17-/m1/s1. The normalized spacial score (nSPS) is 17.3. The number of nitrogens with zero attached hydrogens (tertiary/aromatic N) is 4. The maximum atomic E-state index is 12.7. The second-order valence-electron chi connectivity index (χ2n) is 6.84. The van der Waals surface area contributed by atoms with Crippen LogP contribution in [0.3, 0.4) is 0 Å². The minimum atomic E-state index is -0.496. The summed E-state index contributed by atoms with van der Waals surface area (Å²) in [6.45, 7) is 3.20. The Balaban J connectivity index is 1.65. The van der Waals surface area contributed by atoms with Crippen molar-refractivity contribution in [3.63, 3.8) is 0 Å². The van der Waals surface area contributed by atoms with Crippen molar-refractivity contribution >= 4 is 6.03 Å². The molecular weight excluding hydrogens is 326 g/mol. The van der Waals surface area contributed by atoms with E-state index >= 15 is 0 Å². The smallest absolute Gasteiger partial charge is 0.317 e. The van der Waals surface area contributed by atoms with Crippen LogP contribution in [0.25, 0.3) is 0 Å². The average molecular weight is 351 g/mol. The minimum absolute atomic E-state index is 0.0632. The van der Waals surface area contributed by atoms with Gasteiger partial charge in [-0.1, -0.05) is 37.3 Å². The van der Waals surface area contributed by atoms with E-state index in [1.807, 2.05) is 55.3 Å². The Bertz CT molecular complexity index is 784. The molecule has 2 amide bonds. The van der Waals surface area contributed by atoms with Crippen LogP contribution in [-0.2, 0) is 12.5 Å². The summed E-state index contributed by atoms with van der Waals surface area (Å²) in [5, 5.41) is 17.1. The van der Waals surface area contributed by atoms with Gasteiger partial charge in [0.15, 0.2) is 0 Å². The van der Waals surface area contributed by atoms with Crippen LogP contribution in [0.2, 0.25) is 0 Å². The predicted molar refractivity (Wildman–Crippen MR) is 99.3 cm³/mol. The molecule has 1 aliphatic rings. The molecular formula is C20H25N5O. The van der Waals surface area contributed by atoms with Crippen molar-refractivity contribution in [1.29, 1.82) is 5.26 Å². The van der Waals surface area contributed by atoms with E-state index < -0.39 is 5.41 Å². The third kappa shape index (κ3) is 3.43. The number of likely N-dealkylation sites (tertiary alicyclic amines) is 1. The maximum absolute atomic E-state index is 12.7. The summed E-state index contributed by atoms with van der Waals surface area (Å²) < 4.78 is 1.79. The zero-order valence-electron chi connectivity index (χ0n) is 15.4. The molecule has 6 nitrogen and oxygen atoms in total. The van der Waals surface area contributed by atoms with Crippen molar-refractivity contribution in [1.82, 2.24) is 20.0 Å². The van der Waals surface area contributed by atoms with Crippen molar-refractivity contribution in [3.8, 4) is 6.07 Å². The molecule has 0 spiro atoms. The summed E-state index contributed by atoms with van der Waals surface area (Å²) in [4.78, 5) is 14.5. The van der Waals surface area contributed by atoms with E-state index in [1.54, 1.807) is 10.9 Å². The van der Waals surface area contributed by atoms with Gasteiger partial charge in [-0.05, 0) is 30.9 Å². The van der Waals surface area contributed by atoms with Crippen molar-refractivity contribution in [3.05, 3.63) is 53.9 Å². The van der Waals surface area contributed by atoms with Gasteiger partial charge in [0.1, 0.15) is 0 Å². The molecule has 1 aromatic heterocycles. The molecule has 1 fully saturated rings. The quantitative estimate of drug-likeness (QED) is 0.919. The first kappa shape index (κ1) is 18.0. The molecule has 0 unspecified atom stereocenters. The van der Waals surface area contributed by atoms with Crippen LogP contribution in [-0.4, -0.2) is 33.8 Å². The first-order valence-electron chi connectivity index (χ1n) is 9.10. The Morgan fingerprint density at radius 1 is 1.31 bits per heavy atom. The van der Waals surface area contributed by atoms with Gasteiger partial charge in [-0.15, -0.1) is 0 Å². The third-order valence-electron chi connectivity index (χ3n) is 5.37. The lowest BCUT2D eigenvalue weighted by Gasteiger charge is -2.38. The predicted octanol–water partition coefficient (Wildman–Crippen LogP) is 3.14. The number of carbonyl (C=O) groups is 1. The molecule has 3 rings (SSSR count). The van der Waals surface area contributed by atoms with E-state index in [1.165, 1.54) is 0 Å². The fourth-order valence-corrected chi connectivity index (χ4v) is 3.67. The average Bonchev–Trinajstić information content (AvgIpc) is 3.12.